The summed E-state index contributed by atoms with van der Waals surface area (Å²) < 4.78 is 5.83. The Kier molecular flexibility index (Phi) is 4.36. The van der Waals surface area contributed by atoms with E-state index in [9.17, 15) is 0 Å². The fourth-order valence-electron chi connectivity index (χ4n) is 0.689. The predicted molar refractivity (Wildman–Crippen MR) is 59.6 cm³/mol. The van der Waals surface area contributed by atoms with Gasteiger partial charge in [0, 0.05) is 0 Å². The van der Waals surface area contributed by atoms with Gasteiger partial charge in [0.2, 0.25) is 0 Å². The van der Waals surface area contributed by atoms with Gasteiger partial charge in [-0.1, -0.05) is 27.4 Å². The van der Waals surface area contributed by atoms with Crippen LogP contribution in [0.3, 0.4) is 0 Å². The lowest BCUT2D eigenvalue weighted by atomic mass is 10.0. The molecule has 0 aliphatic rings. The van der Waals surface area contributed by atoms with Crippen LogP contribution in [0.2, 0.25) is 5.04 Å². The molecule has 0 heterocycles. The molecule has 2 nitrogen and oxygen atoms in total. The van der Waals surface area contributed by atoms with Crippen LogP contribution < -0.4 is 0 Å². The van der Waals surface area contributed by atoms with Gasteiger partial charge in [-0.05, 0) is 24.5 Å². The smallest absolute Gasteiger partial charge is 0.168 e. The van der Waals surface area contributed by atoms with Crippen molar-refractivity contribution in [2.75, 3.05) is 6.61 Å². The lowest BCUT2D eigenvalue weighted by molar-refractivity contribution is 0.132. The highest BCUT2D eigenvalue weighted by atomic mass is 28.2. The van der Waals surface area contributed by atoms with Gasteiger partial charge in [-0.15, -0.1) is 0 Å². The number of hydrogen-bond acceptors (Lipinski definition) is 2. The average Bonchev–Trinajstić information content (AvgIpc) is 1.98. The molecule has 0 amide bonds. The first-order chi connectivity index (χ1) is 5.69. The molecule has 0 atom stereocenters. The van der Waals surface area contributed by atoms with Gasteiger partial charge in [-0.25, -0.2) is 0 Å². The van der Waals surface area contributed by atoms with E-state index in [1.165, 1.54) is 0 Å². The first kappa shape index (κ1) is 12.9. The Morgan fingerprint density at radius 1 is 1.31 bits per heavy atom. The van der Waals surface area contributed by atoms with E-state index in [4.69, 9.17) is 9.53 Å². The second kappa shape index (κ2) is 4.40. The molecular weight excluding hydrogens is 180 g/mol. The van der Waals surface area contributed by atoms with Crippen molar-refractivity contribution in [2.45, 2.75) is 45.3 Å². The molecule has 0 saturated carbocycles. The van der Waals surface area contributed by atoms with Crippen LogP contribution in [0.5, 0.6) is 0 Å². The topological polar surface area (TPSA) is 29.5 Å². The van der Waals surface area contributed by atoms with Crippen LogP contribution in [-0.2, 0) is 4.43 Å². The Labute approximate surface area is 83.9 Å². The molecule has 0 aromatic rings. The van der Waals surface area contributed by atoms with Crippen molar-refractivity contribution in [1.82, 2.24) is 0 Å². The zero-order valence-electron chi connectivity index (χ0n) is 9.48. The zero-order chi connectivity index (χ0) is 10.7. The summed E-state index contributed by atoms with van der Waals surface area (Å²) >= 11 is 0. The highest BCUT2D eigenvalue weighted by Gasteiger charge is 2.24. The Morgan fingerprint density at radius 3 is 2.08 bits per heavy atom. The normalized spacial score (nSPS) is 14.0. The van der Waals surface area contributed by atoms with Crippen molar-refractivity contribution in [2.24, 2.45) is 0 Å². The molecule has 0 aliphatic carbocycles. The summed E-state index contributed by atoms with van der Waals surface area (Å²) in [7, 11) is -0.579. The molecule has 0 spiro atoms. The third kappa shape index (κ3) is 5.24. The van der Waals surface area contributed by atoms with Gasteiger partial charge in [0.15, 0.2) is 9.76 Å². The van der Waals surface area contributed by atoms with Crippen LogP contribution in [0.4, 0.5) is 0 Å². The monoisotopic (exact) mass is 202 g/mol. The zero-order valence-corrected chi connectivity index (χ0v) is 10.9. The second-order valence-corrected chi connectivity index (χ2v) is 7.82. The molecule has 0 bridgehead atoms. The summed E-state index contributed by atoms with van der Waals surface area (Å²) in [5.41, 5.74) is 0.387. The van der Waals surface area contributed by atoms with Crippen LogP contribution >= 0.6 is 0 Å². The quantitative estimate of drug-likeness (QED) is 0.555. The number of aliphatic hydroxyl groups is 1. The molecular formula is C10H22O2Si. The van der Waals surface area contributed by atoms with Gasteiger partial charge < -0.3 is 9.53 Å². The van der Waals surface area contributed by atoms with Crippen LogP contribution in [0.15, 0.2) is 12.2 Å². The van der Waals surface area contributed by atoms with Crippen LogP contribution in [0, 0.1) is 0 Å². The van der Waals surface area contributed by atoms with Gasteiger partial charge in [0.05, 0.1) is 12.2 Å². The highest BCUT2D eigenvalue weighted by molar-refractivity contribution is 6.31. The maximum atomic E-state index is 8.94. The Bertz CT molecular complexity index is 180. The van der Waals surface area contributed by atoms with Gasteiger partial charge in [-0.2, -0.15) is 0 Å². The fraction of sp³-hybridized carbons (Fsp3) is 0.800. The molecule has 78 valence electrons. The van der Waals surface area contributed by atoms with Crippen molar-refractivity contribution in [3.8, 4) is 0 Å². The molecule has 0 aromatic heterocycles. The number of rotatable bonds is 4. The van der Waals surface area contributed by atoms with Crippen LogP contribution in [0.1, 0.15) is 34.6 Å². The lowest BCUT2D eigenvalue weighted by Gasteiger charge is -2.31. The third-order valence-corrected chi connectivity index (χ3v) is 3.64. The van der Waals surface area contributed by atoms with E-state index in [1.807, 2.05) is 13.8 Å². The summed E-state index contributed by atoms with van der Waals surface area (Å²) in [5, 5.41) is 9.22. The van der Waals surface area contributed by atoms with E-state index < -0.39 is 9.76 Å². The highest BCUT2D eigenvalue weighted by Crippen LogP contribution is 2.26. The van der Waals surface area contributed by atoms with Crippen molar-refractivity contribution >= 4 is 9.76 Å². The minimum absolute atomic E-state index is 0.00550. The first-order valence-electron chi connectivity index (χ1n) is 4.62. The molecule has 3 heteroatoms. The Morgan fingerprint density at radius 2 is 1.77 bits per heavy atom. The predicted octanol–water partition coefficient (Wildman–Crippen LogP) is 1.63. The molecule has 0 rings (SSSR count). The van der Waals surface area contributed by atoms with Crippen molar-refractivity contribution in [3.05, 3.63) is 12.2 Å². The van der Waals surface area contributed by atoms with Gasteiger partial charge in [-0.3, -0.25) is 0 Å². The van der Waals surface area contributed by atoms with Crippen LogP contribution in [-0.4, -0.2) is 27.1 Å². The molecule has 0 unspecified atom stereocenters. The van der Waals surface area contributed by atoms with E-state index in [0.29, 0.717) is 0 Å². The van der Waals surface area contributed by atoms with Crippen molar-refractivity contribution in [1.29, 1.82) is 0 Å². The summed E-state index contributed by atoms with van der Waals surface area (Å²) in [6, 6.07) is 0. The van der Waals surface area contributed by atoms with E-state index in [1.54, 1.807) is 0 Å². The average molecular weight is 202 g/mol. The lowest BCUT2D eigenvalue weighted by Crippen LogP contribution is -2.32. The maximum absolute atomic E-state index is 8.94. The summed E-state index contributed by atoms with van der Waals surface area (Å²) in [6.45, 7) is 14.3. The molecule has 1 N–H and O–H groups in total. The molecule has 0 radical (unpaired) electrons. The van der Waals surface area contributed by atoms with Crippen molar-refractivity contribution in [3.63, 3.8) is 0 Å². The summed E-state index contributed by atoms with van der Waals surface area (Å²) in [6.07, 6.45) is 0. The molecule has 0 aliphatic heterocycles. The molecule has 0 aromatic carbocycles. The number of hydrogen-bond donors (Lipinski definition) is 1. The SMILES string of the molecule is C=C(CO)C(C)(C)O[SiH2]C(C)(C)C. The fourth-order valence-corrected chi connectivity index (χ4v) is 1.69. The van der Waals surface area contributed by atoms with E-state index >= 15 is 0 Å². The summed E-state index contributed by atoms with van der Waals surface area (Å²) in [5.74, 6) is 0. The van der Waals surface area contributed by atoms with Crippen molar-refractivity contribution < 1.29 is 9.53 Å². The van der Waals surface area contributed by atoms with E-state index in [-0.39, 0.29) is 17.2 Å². The maximum Gasteiger partial charge on any atom is 0.168 e. The van der Waals surface area contributed by atoms with E-state index in [2.05, 4.69) is 27.4 Å². The van der Waals surface area contributed by atoms with E-state index in [0.717, 1.165) is 5.57 Å². The molecule has 0 saturated heterocycles. The van der Waals surface area contributed by atoms with Gasteiger partial charge in [0.1, 0.15) is 0 Å². The standard InChI is InChI=1S/C10H22O2Si/c1-8(7-11)10(5,6)12-13-9(2,3)4/h11H,1,7,13H2,2-6H3. The van der Waals surface area contributed by atoms with Crippen LogP contribution in [0.25, 0.3) is 0 Å². The molecule has 13 heavy (non-hydrogen) atoms. The number of aliphatic hydroxyl groups excluding tert-OH is 1. The second-order valence-electron chi connectivity index (χ2n) is 5.12. The van der Waals surface area contributed by atoms with Gasteiger partial charge >= 0.3 is 0 Å². The Hall–Kier alpha value is -0.123. The minimum Gasteiger partial charge on any atom is -0.415 e. The molecule has 0 fully saturated rings. The summed E-state index contributed by atoms with van der Waals surface area (Å²) in [4.78, 5) is 0. The first-order valence-corrected chi connectivity index (χ1v) is 5.90. The minimum atomic E-state index is -0.579. The largest absolute Gasteiger partial charge is 0.415 e. The Balaban J connectivity index is 4.11. The third-order valence-electron chi connectivity index (χ3n) is 1.91. The van der Waals surface area contributed by atoms with Gasteiger partial charge in [0.25, 0.3) is 0 Å².